The number of nitrogens with one attached hydrogen (secondary N) is 2. The average Bonchev–Trinajstić information content (AvgIpc) is 2.91. The van der Waals surface area contributed by atoms with Crippen molar-refractivity contribution in [3.8, 4) is 0 Å². The summed E-state index contributed by atoms with van der Waals surface area (Å²) in [5.74, 6) is 0.162. The first-order valence-electron chi connectivity index (χ1n) is 7.89. The zero-order valence-electron chi connectivity index (χ0n) is 12.9. The lowest BCUT2D eigenvalue weighted by atomic mass is 10.0. The highest BCUT2D eigenvalue weighted by Crippen LogP contribution is 2.26. The van der Waals surface area contributed by atoms with E-state index in [1.165, 1.54) is 16.8 Å². The first-order chi connectivity index (χ1) is 10.7. The third-order valence-corrected chi connectivity index (χ3v) is 4.07. The molecule has 22 heavy (non-hydrogen) atoms. The number of carbonyl (C=O) groups excluding carboxylic acids is 1. The smallest absolute Gasteiger partial charge is 0.176 e. The van der Waals surface area contributed by atoms with Gasteiger partial charge in [-0.25, -0.2) is 0 Å². The van der Waals surface area contributed by atoms with Gasteiger partial charge in [-0.3, -0.25) is 4.79 Å². The monoisotopic (exact) mass is 294 g/mol. The Labute approximate surface area is 131 Å². The van der Waals surface area contributed by atoms with E-state index in [2.05, 4.69) is 29.7 Å². The Morgan fingerprint density at radius 3 is 2.86 bits per heavy atom. The molecule has 2 aromatic rings. The first-order valence-corrected chi connectivity index (χ1v) is 7.89. The highest BCUT2D eigenvalue weighted by Gasteiger charge is 2.18. The number of fused-ring (bicyclic) bond motifs is 1. The van der Waals surface area contributed by atoms with Gasteiger partial charge in [-0.15, -0.1) is 0 Å². The quantitative estimate of drug-likeness (QED) is 0.635. The second-order valence-electron chi connectivity index (χ2n) is 5.96. The molecule has 3 heteroatoms. The van der Waals surface area contributed by atoms with Crippen molar-refractivity contribution in [1.82, 2.24) is 5.32 Å². The summed E-state index contributed by atoms with van der Waals surface area (Å²) in [5.41, 5.74) is 4.52. The zero-order chi connectivity index (χ0) is 15.4. The minimum absolute atomic E-state index is 0.162. The highest BCUT2D eigenvalue weighted by molar-refractivity contribution is 5.98. The number of ketones is 1. The Bertz CT molecular complexity index is 652. The van der Waals surface area contributed by atoms with E-state index in [9.17, 15) is 4.79 Å². The van der Waals surface area contributed by atoms with Crippen LogP contribution < -0.4 is 10.6 Å². The Balaban J connectivity index is 1.49. The number of hydrogen-bond acceptors (Lipinski definition) is 3. The van der Waals surface area contributed by atoms with Crippen molar-refractivity contribution < 1.29 is 4.79 Å². The van der Waals surface area contributed by atoms with Crippen LogP contribution >= 0.6 is 0 Å². The van der Waals surface area contributed by atoms with Crippen molar-refractivity contribution in [2.45, 2.75) is 25.8 Å². The van der Waals surface area contributed by atoms with Gasteiger partial charge in [0.25, 0.3) is 0 Å². The second-order valence-corrected chi connectivity index (χ2v) is 5.96. The largest absolute Gasteiger partial charge is 0.382 e. The third-order valence-electron chi connectivity index (χ3n) is 4.07. The summed E-state index contributed by atoms with van der Waals surface area (Å²) in [6.07, 6.45) is 1.94. The number of carbonyl (C=O) groups is 1. The van der Waals surface area contributed by atoms with Crippen LogP contribution in [-0.4, -0.2) is 24.9 Å². The molecule has 0 fully saturated rings. The summed E-state index contributed by atoms with van der Waals surface area (Å²) in [6.45, 7) is 3.38. The van der Waals surface area contributed by atoms with E-state index >= 15 is 0 Å². The summed E-state index contributed by atoms with van der Waals surface area (Å²) in [4.78, 5) is 12.3. The molecule has 0 aromatic heterocycles. The summed E-state index contributed by atoms with van der Waals surface area (Å²) in [7, 11) is 0. The van der Waals surface area contributed by atoms with Crippen LogP contribution in [0, 0.1) is 0 Å². The second kappa shape index (κ2) is 6.75. The minimum atomic E-state index is 0.162. The van der Waals surface area contributed by atoms with Crippen LogP contribution in [0.25, 0.3) is 0 Å². The van der Waals surface area contributed by atoms with Gasteiger partial charge in [0, 0.05) is 17.3 Å². The normalized spacial score (nSPS) is 16.1. The number of Topliss-reactive ketones (excluding diaryl/α,β-unsaturated/α-hetero) is 1. The predicted molar refractivity (Wildman–Crippen MR) is 90.6 cm³/mol. The maximum atomic E-state index is 12.3. The van der Waals surface area contributed by atoms with E-state index in [1.54, 1.807) is 0 Å². The molecule has 0 saturated carbocycles. The van der Waals surface area contributed by atoms with Gasteiger partial charge in [0.15, 0.2) is 5.78 Å². The Kier molecular flexibility index (Phi) is 4.54. The molecule has 1 atom stereocenters. The van der Waals surface area contributed by atoms with Crippen molar-refractivity contribution in [1.29, 1.82) is 0 Å². The van der Waals surface area contributed by atoms with Gasteiger partial charge in [0.1, 0.15) is 0 Å². The van der Waals surface area contributed by atoms with Crippen molar-refractivity contribution >= 4 is 11.5 Å². The van der Waals surface area contributed by atoms with Crippen LogP contribution in [0.1, 0.15) is 28.4 Å². The van der Waals surface area contributed by atoms with Gasteiger partial charge in [-0.2, -0.15) is 0 Å². The SMILES string of the molecule is CC1Cc2cc(C(=O)CNCCc3ccccc3)ccc2N1. The zero-order valence-corrected chi connectivity index (χ0v) is 12.9. The summed E-state index contributed by atoms with van der Waals surface area (Å²) < 4.78 is 0. The molecule has 0 radical (unpaired) electrons. The molecule has 0 aliphatic carbocycles. The van der Waals surface area contributed by atoms with Crippen LogP contribution in [0.3, 0.4) is 0 Å². The van der Waals surface area contributed by atoms with Gasteiger partial charge < -0.3 is 10.6 Å². The Morgan fingerprint density at radius 1 is 1.23 bits per heavy atom. The molecular formula is C19H22N2O. The Hall–Kier alpha value is -2.13. The van der Waals surface area contributed by atoms with Crippen molar-refractivity contribution in [2.75, 3.05) is 18.4 Å². The predicted octanol–water partition coefficient (Wildman–Crippen LogP) is 3.06. The molecule has 114 valence electrons. The van der Waals surface area contributed by atoms with E-state index in [-0.39, 0.29) is 5.78 Å². The third kappa shape index (κ3) is 3.55. The Morgan fingerprint density at radius 2 is 2.05 bits per heavy atom. The lowest BCUT2D eigenvalue weighted by Crippen LogP contribution is -2.25. The van der Waals surface area contributed by atoms with Crippen LogP contribution in [0.15, 0.2) is 48.5 Å². The van der Waals surface area contributed by atoms with Crippen LogP contribution in [0.4, 0.5) is 5.69 Å². The van der Waals surface area contributed by atoms with E-state index < -0.39 is 0 Å². The van der Waals surface area contributed by atoms with Crippen molar-refractivity contribution in [3.05, 3.63) is 65.2 Å². The summed E-state index contributed by atoms with van der Waals surface area (Å²) in [5, 5.41) is 6.65. The first kappa shape index (κ1) is 14.8. The molecule has 1 unspecified atom stereocenters. The van der Waals surface area contributed by atoms with Gasteiger partial charge in [-0.05, 0) is 55.6 Å². The number of rotatable bonds is 6. The molecule has 0 spiro atoms. The minimum Gasteiger partial charge on any atom is -0.382 e. The molecule has 2 N–H and O–H groups in total. The molecule has 0 saturated heterocycles. The fourth-order valence-electron chi connectivity index (χ4n) is 2.90. The van der Waals surface area contributed by atoms with Gasteiger partial charge in [0.05, 0.1) is 6.54 Å². The number of benzene rings is 2. The lowest BCUT2D eigenvalue weighted by Gasteiger charge is -2.06. The van der Waals surface area contributed by atoms with Gasteiger partial charge >= 0.3 is 0 Å². The standard InChI is InChI=1S/C19H22N2O/c1-14-11-17-12-16(7-8-18(17)21-14)19(22)13-20-10-9-15-5-3-2-4-6-15/h2-8,12,14,20-21H,9-11,13H2,1H3. The maximum absolute atomic E-state index is 12.3. The molecule has 3 rings (SSSR count). The van der Waals surface area contributed by atoms with Crippen molar-refractivity contribution in [2.24, 2.45) is 0 Å². The summed E-state index contributed by atoms with van der Waals surface area (Å²) in [6, 6.07) is 16.8. The van der Waals surface area contributed by atoms with Gasteiger partial charge in [-0.1, -0.05) is 30.3 Å². The fraction of sp³-hybridized carbons (Fsp3) is 0.316. The van der Waals surface area contributed by atoms with Crippen LogP contribution in [-0.2, 0) is 12.8 Å². The molecule has 1 aliphatic heterocycles. The molecule has 1 heterocycles. The van der Waals surface area contributed by atoms with Crippen molar-refractivity contribution in [3.63, 3.8) is 0 Å². The fourth-order valence-corrected chi connectivity index (χ4v) is 2.90. The number of anilines is 1. The molecular weight excluding hydrogens is 272 g/mol. The topological polar surface area (TPSA) is 41.1 Å². The summed E-state index contributed by atoms with van der Waals surface area (Å²) >= 11 is 0. The van der Waals surface area contributed by atoms with E-state index in [0.717, 1.165) is 24.9 Å². The molecule has 0 bridgehead atoms. The molecule has 1 aliphatic rings. The van der Waals surface area contributed by atoms with Crippen LogP contribution in [0.5, 0.6) is 0 Å². The highest BCUT2D eigenvalue weighted by atomic mass is 16.1. The van der Waals surface area contributed by atoms with Crippen LogP contribution in [0.2, 0.25) is 0 Å². The van der Waals surface area contributed by atoms with E-state index in [1.807, 2.05) is 36.4 Å². The van der Waals surface area contributed by atoms with Gasteiger partial charge in [0.2, 0.25) is 0 Å². The average molecular weight is 294 g/mol. The molecule has 2 aromatic carbocycles. The maximum Gasteiger partial charge on any atom is 0.176 e. The molecule has 3 nitrogen and oxygen atoms in total. The molecule has 0 amide bonds. The lowest BCUT2D eigenvalue weighted by molar-refractivity contribution is 0.0991. The van der Waals surface area contributed by atoms with E-state index in [0.29, 0.717) is 12.6 Å². The number of hydrogen-bond donors (Lipinski definition) is 2. The van der Waals surface area contributed by atoms with E-state index in [4.69, 9.17) is 0 Å².